The Morgan fingerprint density at radius 1 is 1.35 bits per heavy atom. The molecule has 0 aliphatic heterocycles. The van der Waals surface area contributed by atoms with E-state index in [1.165, 1.54) is 5.75 Å². The van der Waals surface area contributed by atoms with Crippen molar-refractivity contribution in [1.29, 1.82) is 0 Å². The van der Waals surface area contributed by atoms with Gasteiger partial charge in [0.15, 0.2) is 0 Å². The van der Waals surface area contributed by atoms with Crippen LogP contribution in [0.3, 0.4) is 0 Å². The lowest BCUT2D eigenvalue weighted by atomic mass is 10.2. The first-order valence-electron chi connectivity index (χ1n) is 5.80. The molecule has 17 heavy (non-hydrogen) atoms. The smallest absolute Gasteiger partial charge is 0.119 e. The summed E-state index contributed by atoms with van der Waals surface area (Å²) in [5.41, 5.74) is 0. The predicted octanol–water partition coefficient (Wildman–Crippen LogP) is 3.42. The van der Waals surface area contributed by atoms with Crippen molar-refractivity contribution in [3.05, 3.63) is 28.7 Å². The Kier molecular flexibility index (Phi) is 7.73. The average molecular weight is 318 g/mol. The van der Waals surface area contributed by atoms with Crippen LogP contribution in [-0.2, 0) is 0 Å². The van der Waals surface area contributed by atoms with E-state index in [9.17, 15) is 0 Å². The van der Waals surface area contributed by atoms with E-state index in [4.69, 9.17) is 4.74 Å². The normalized spacial score (nSPS) is 12.4. The number of thioether (sulfide) groups is 1. The summed E-state index contributed by atoms with van der Waals surface area (Å²) >= 11 is 5.30. The van der Waals surface area contributed by atoms with E-state index >= 15 is 0 Å². The monoisotopic (exact) mass is 317 g/mol. The van der Waals surface area contributed by atoms with Gasteiger partial charge in [0.1, 0.15) is 12.4 Å². The first kappa shape index (κ1) is 14.9. The van der Waals surface area contributed by atoms with Gasteiger partial charge in [-0.15, -0.1) is 0 Å². The minimum Gasteiger partial charge on any atom is -0.492 e. The van der Waals surface area contributed by atoms with Gasteiger partial charge >= 0.3 is 0 Å². The number of hydrogen-bond donors (Lipinski definition) is 1. The van der Waals surface area contributed by atoms with E-state index in [0.717, 1.165) is 29.2 Å². The predicted molar refractivity (Wildman–Crippen MR) is 80.1 cm³/mol. The molecule has 0 spiro atoms. The van der Waals surface area contributed by atoms with Gasteiger partial charge in [0.2, 0.25) is 0 Å². The van der Waals surface area contributed by atoms with Crippen molar-refractivity contribution in [2.75, 3.05) is 31.7 Å². The molecule has 0 saturated carbocycles. The molecule has 1 aromatic rings. The highest BCUT2D eigenvalue weighted by molar-refractivity contribution is 9.10. The standard InChI is InChI=1S/C13H20BrNOS/c1-11(10-17-2)9-15-7-8-16-13-5-3-12(14)4-6-13/h3-6,11,15H,7-10H2,1-2H3. The van der Waals surface area contributed by atoms with Crippen LogP contribution in [0, 0.1) is 5.92 Å². The summed E-state index contributed by atoms with van der Waals surface area (Å²) < 4.78 is 6.69. The molecule has 4 heteroatoms. The Hall–Kier alpha value is -0.190. The second kappa shape index (κ2) is 8.84. The van der Waals surface area contributed by atoms with Gasteiger partial charge in [-0.3, -0.25) is 0 Å². The molecular weight excluding hydrogens is 298 g/mol. The van der Waals surface area contributed by atoms with Crippen LogP contribution in [0.1, 0.15) is 6.92 Å². The van der Waals surface area contributed by atoms with Gasteiger partial charge in [0.05, 0.1) is 0 Å². The van der Waals surface area contributed by atoms with Crippen molar-refractivity contribution in [1.82, 2.24) is 5.32 Å². The Morgan fingerprint density at radius 2 is 2.06 bits per heavy atom. The minimum atomic E-state index is 0.716. The molecule has 1 N–H and O–H groups in total. The highest BCUT2D eigenvalue weighted by Gasteiger charge is 1.99. The molecular formula is C13H20BrNOS. The van der Waals surface area contributed by atoms with Gasteiger partial charge in [-0.2, -0.15) is 11.8 Å². The second-order valence-corrected chi connectivity index (χ2v) is 5.89. The number of nitrogens with one attached hydrogen (secondary N) is 1. The van der Waals surface area contributed by atoms with Gasteiger partial charge < -0.3 is 10.1 Å². The summed E-state index contributed by atoms with van der Waals surface area (Å²) in [6.07, 6.45) is 2.15. The van der Waals surface area contributed by atoms with Crippen molar-refractivity contribution >= 4 is 27.7 Å². The quantitative estimate of drug-likeness (QED) is 0.742. The third-order valence-electron chi connectivity index (χ3n) is 2.31. The van der Waals surface area contributed by atoms with Gasteiger partial charge in [0.25, 0.3) is 0 Å². The van der Waals surface area contributed by atoms with Crippen LogP contribution in [0.2, 0.25) is 0 Å². The van der Waals surface area contributed by atoms with Crippen LogP contribution in [-0.4, -0.2) is 31.7 Å². The first-order valence-corrected chi connectivity index (χ1v) is 7.99. The highest BCUT2D eigenvalue weighted by Crippen LogP contribution is 2.15. The second-order valence-electron chi connectivity index (χ2n) is 4.07. The maximum absolute atomic E-state index is 5.61. The molecule has 1 atom stereocenters. The van der Waals surface area contributed by atoms with Crippen LogP contribution in [0.25, 0.3) is 0 Å². The molecule has 0 saturated heterocycles. The van der Waals surface area contributed by atoms with E-state index in [2.05, 4.69) is 34.4 Å². The molecule has 2 nitrogen and oxygen atoms in total. The van der Waals surface area contributed by atoms with Crippen LogP contribution in [0.5, 0.6) is 5.75 Å². The lowest BCUT2D eigenvalue weighted by Crippen LogP contribution is -2.26. The Labute approximate surface area is 117 Å². The van der Waals surface area contributed by atoms with Crippen molar-refractivity contribution in [2.45, 2.75) is 6.92 Å². The summed E-state index contributed by atoms with van der Waals surface area (Å²) in [5, 5.41) is 3.40. The molecule has 1 unspecified atom stereocenters. The number of benzene rings is 1. The maximum atomic E-state index is 5.61. The molecule has 0 bridgehead atoms. The van der Waals surface area contributed by atoms with E-state index in [-0.39, 0.29) is 0 Å². The SMILES string of the molecule is CSCC(C)CNCCOc1ccc(Br)cc1. The number of ether oxygens (including phenoxy) is 1. The molecule has 0 fully saturated rings. The van der Waals surface area contributed by atoms with E-state index in [1.807, 2.05) is 36.0 Å². The first-order chi connectivity index (χ1) is 8.22. The summed E-state index contributed by atoms with van der Waals surface area (Å²) in [7, 11) is 0. The van der Waals surface area contributed by atoms with E-state index < -0.39 is 0 Å². The van der Waals surface area contributed by atoms with E-state index in [0.29, 0.717) is 6.61 Å². The molecule has 0 amide bonds. The molecule has 96 valence electrons. The van der Waals surface area contributed by atoms with Gasteiger partial charge in [-0.05, 0) is 48.7 Å². The number of rotatable bonds is 8. The van der Waals surface area contributed by atoms with Crippen LogP contribution >= 0.6 is 27.7 Å². The Bertz CT molecular complexity index is 305. The minimum absolute atomic E-state index is 0.716. The fourth-order valence-electron chi connectivity index (χ4n) is 1.46. The zero-order valence-electron chi connectivity index (χ0n) is 10.4. The lowest BCUT2D eigenvalue weighted by molar-refractivity contribution is 0.311. The molecule has 0 aliphatic carbocycles. The number of halogens is 1. The fourth-order valence-corrected chi connectivity index (χ4v) is 2.41. The van der Waals surface area contributed by atoms with Crippen molar-refractivity contribution in [2.24, 2.45) is 5.92 Å². The Morgan fingerprint density at radius 3 is 2.71 bits per heavy atom. The van der Waals surface area contributed by atoms with Crippen molar-refractivity contribution in [3.63, 3.8) is 0 Å². The molecule has 1 aromatic carbocycles. The van der Waals surface area contributed by atoms with Crippen LogP contribution < -0.4 is 10.1 Å². The fraction of sp³-hybridized carbons (Fsp3) is 0.538. The van der Waals surface area contributed by atoms with Crippen molar-refractivity contribution in [3.8, 4) is 5.75 Å². The largest absolute Gasteiger partial charge is 0.492 e. The number of hydrogen-bond acceptors (Lipinski definition) is 3. The molecule has 0 aliphatic rings. The Balaban J connectivity index is 2.06. The third kappa shape index (κ3) is 6.96. The van der Waals surface area contributed by atoms with Gasteiger partial charge in [0, 0.05) is 11.0 Å². The lowest BCUT2D eigenvalue weighted by Gasteiger charge is -2.11. The summed E-state index contributed by atoms with van der Waals surface area (Å²) in [5.74, 6) is 2.85. The van der Waals surface area contributed by atoms with Crippen LogP contribution in [0.4, 0.5) is 0 Å². The molecule has 0 heterocycles. The molecule has 0 aromatic heterocycles. The van der Waals surface area contributed by atoms with E-state index in [1.54, 1.807) is 0 Å². The molecule has 0 radical (unpaired) electrons. The zero-order chi connectivity index (χ0) is 12.5. The summed E-state index contributed by atoms with van der Waals surface area (Å²) in [6, 6.07) is 7.92. The van der Waals surface area contributed by atoms with Gasteiger partial charge in [-0.1, -0.05) is 22.9 Å². The topological polar surface area (TPSA) is 21.3 Å². The summed E-state index contributed by atoms with van der Waals surface area (Å²) in [4.78, 5) is 0. The maximum Gasteiger partial charge on any atom is 0.119 e. The van der Waals surface area contributed by atoms with Crippen LogP contribution in [0.15, 0.2) is 28.7 Å². The van der Waals surface area contributed by atoms with Crippen molar-refractivity contribution < 1.29 is 4.74 Å². The highest BCUT2D eigenvalue weighted by atomic mass is 79.9. The summed E-state index contributed by atoms with van der Waals surface area (Å²) in [6.45, 7) is 4.94. The third-order valence-corrected chi connectivity index (χ3v) is 3.74. The molecule has 1 rings (SSSR count). The average Bonchev–Trinajstić information content (AvgIpc) is 2.31. The zero-order valence-corrected chi connectivity index (χ0v) is 12.8. The van der Waals surface area contributed by atoms with Gasteiger partial charge in [-0.25, -0.2) is 0 Å².